The lowest BCUT2D eigenvalue weighted by Gasteiger charge is -2.15. The molecule has 0 heterocycles. The highest BCUT2D eigenvalue weighted by atomic mass is 35.5. The summed E-state index contributed by atoms with van der Waals surface area (Å²) in [6.45, 7) is 3.87. The van der Waals surface area contributed by atoms with Crippen molar-refractivity contribution in [1.29, 1.82) is 0 Å². The van der Waals surface area contributed by atoms with Crippen LogP contribution in [0.5, 0.6) is 5.75 Å². The van der Waals surface area contributed by atoms with Crippen LogP contribution < -0.4 is 10.1 Å². The Morgan fingerprint density at radius 1 is 1.27 bits per heavy atom. The lowest BCUT2D eigenvalue weighted by molar-refractivity contribution is -0.127. The number of aryl methyl sites for hydroxylation is 1. The third-order valence-electron chi connectivity index (χ3n) is 3.19. The summed E-state index contributed by atoms with van der Waals surface area (Å²) in [5.41, 5.74) is 1.71. The van der Waals surface area contributed by atoms with E-state index in [9.17, 15) is 9.18 Å². The largest absolute Gasteiger partial charge is 0.481 e. The van der Waals surface area contributed by atoms with Crippen LogP contribution in [0, 0.1) is 12.7 Å². The molecule has 1 amide bonds. The number of rotatable bonds is 5. The molecule has 0 aliphatic heterocycles. The molecule has 0 fully saturated rings. The van der Waals surface area contributed by atoms with Crippen LogP contribution in [0.3, 0.4) is 0 Å². The van der Waals surface area contributed by atoms with Crippen LogP contribution in [-0.4, -0.2) is 12.0 Å². The minimum atomic E-state index is -0.638. The van der Waals surface area contributed by atoms with E-state index in [4.69, 9.17) is 16.3 Å². The van der Waals surface area contributed by atoms with Gasteiger partial charge in [0.15, 0.2) is 6.10 Å². The maximum absolute atomic E-state index is 12.8. The second kappa shape index (κ2) is 7.27. The fourth-order valence-corrected chi connectivity index (χ4v) is 2.00. The Kier molecular flexibility index (Phi) is 5.39. The summed E-state index contributed by atoms with van der Waals surface area (Å²) in [5.74, 6) is 0.0492. The first-order valence-electron chi connectivity index (χ1n) is 6.90. The molecule has 2 aromatic rings. The highest BCUT2D eigenvalue weighted by Gasteiger charge is 2.14. The first-order valence-corrected chi connectivity index (χ1v) is 7.28. The monoisotopic (exact) mass is 321 g/mol. The van der Waals surface area contributed by atoms with E-state index in [-0.39, 0.29) is 11.7 Å². The lowest BCUT2D eigenvalue weighted by atomic mass is 10.2. The molecule has 0 spiro atoms. The van der Waals surface area contributed by atoms with Crippen molar-refractivity contribution in [3.63, 3.8) is 0 Å². The van der Waals surface area contributed by atoms with Gasteiger partial charge >= 0.3 is 0 Å². The molecule has 2 aromatic carbocycles. The number of amides is 1. The Bertz CT molecular complexity index is 658. The number of nitrogens with one attached hydrogen (secondary N) is 1. The Hall–Kier alpha value is -2.07. The second-order valence-electron chi connectivity index (χ2n) is 5.02. The van der Waals surface area contributed by atoms with E-state index in [2.05, 4.69) is 5.32 Å². The van der Waals surface area contributed by atoms with Crippen molar-refractivity contribution >= 4 is 17.5 Å². The zero-order valence-electron chi connectivity index (χ0n) is 12.4. The van der Waals surface area contributed by atoms with E-state index < -0.39 is 6.10 Å². The standard InChI is InChI=1S/C17H17ClFNO2/c1-11-9-15(7-8-16(11)18)22-12(2)17(21)20-10-13-3-5-14(19)6-4-13/h3-9,12H,10H2,1-2H3,(H,20,21). The fraction of sp³-hybridized carbons (Fsp3) is 0.235. The summed E-state index contributed by atoms with van der Waals surface area (Å²) in [7, 11) is 0. The average Bonchev–Trinajstić information content (AvgIpc) is 2.50. The second-order valence-corrected chi connectivity index (χ2v) is 5.42. The molecule has 0 bridgehead atoms. The maximum Gasteiger partial charge on any atom is 0.261 e. The Balaban J connectivity index is 1.88. The molecule has 0 aliphatic rings. The molecular weight excluding hydrogens is 305 g/mol. The number of hydrogen-bond donors (Lipinski definition) is 1. The first kappa shape index (κ1) is 16.3. The molecule has 0 aromatic heterocycles. The van der Waals surface area contributed by atoms with Gasteiger partial charge in [0.25, 0.3) is 5.91 Å². The Morgan fingerprint density at radius 2 is 1.95 bits per heavy atom. The van der Waals surface area contributed by atoms with Crippen LogP contribution >= 0.6 is 11.6 Å². The van der Waals surface area contributed by atoms with E-state index in [1.807, 2.05) is 6.92 Å². The molecule has 1 atom stereocenters. The van der Waals surface area contributed by atoms with Crippen molar-refractivity contribution in [2.24, 2.45) is 0 Å². The predicted molar refractivity (Wildman–Crippen MR) is 84.5 cm³/mol. The van der Waals surface area contributed by atoms with Crippen molar-refractivity contribution < 1.29 is 13.9 Å². The van der Waals surface area contributed by atoms with Gasteiger partial charge in [0.05, 0.1) is 0 Å². The Labute approximate surface area is 134 Å². The van der Waals surface area contributed by atoms with Crippen LogP contribution in [0.2, 0.25) is 5.02 Å². The number of benzene rings is 2. The lowest BCUT2D eigenvalue weighted by Crippen LogP contribution is -2.35. The third kappa shape index (κ3) is 4.46. The van der Waals surface area contributed by atoms with E-state index in [0.717, 1.165) is 11.1 Å². The van der Waals surface area contributed by atoms with Gasteiger partial charge in [-0.2, -0.15) is 0 Å². The quantitative estimate of drug-likeness (QED) is 0.907. The van der Waals surface area contributed by atoms with E-state index >= 15 is 0 Å². The topological polar surface area (TPSA) is 38.3 Å². The van der Waals surface area contributed by atoms with Crippen LogP contribution in [-0.2, 0) is 11.3 Å². The van der Waals surface area contributed by atoms with Gasteiger partial charge in [-0.1, -0.05) is 23.7 Å². The maximum atomic E-state index is 12.8. The Morgan fingerprint density at radius 3 is 2.59 bits per heavy atom. The summed E-state index contributed by atoms with van der Waals surface area (Å²) < 4.78 is 18.4. The van der Waals surface area contributed by atoms with Crippen LogP contribution in [0.15, 0.2) is 42.5 Å². The summed E-state index contributed by atoms with van der Waals surface area (Å²) in [6.07, 6.45) is -0.638. The summed E-state index contributed by atoms with van der Waals surface area (Å²) in [5, 5.41) is 3.41. The molecular formula is C17H17ClFNO2. The highest BCUT2D eigenvalue weighted by Crippen LogP contribution is 2.21. The van der Waals surface area contributed by atoms with Gasteiger partial charge in [0, 0.05) is 11.6 Å². The molecule has 0 radical (unpaired) electrons. The summed E-state index contributed by atoms with van der Waals surface area (Å²) in [6, 6.07) is 11.2. The van der Waals surface area contributed by atoms with E-state index in [0.29, 0.717) is 17.3 Å². The van der Waals surface area contributed by atoms with Crippen molar-refractivity contribution in [3.05, 3.63) is 64.4 Å². The van der Waals surface area contributed by atoms with Gasteiger partial charge in [-0.05, 0) is 55.3 Å². The summed E-state index contributed by atoms with van der Waals surface area (Å²) >= 11 is 5.95. The van der Waals surface area contributed by atoms with E-state index in [1.54, 1.807) is 37.3 Å². The van der Waals surface area contributed by atoms with E-state index in [1.165, 1.54) is 12.1 Å². The van der Waals surface area contributed by atoms with Crippen LogP contribution in [0.1, 0.15) is 18.1 Å². The molecule has 22 heavy (non-hydrogen) atoms. The van der Waals surface area contributed by atoms with Crippen molar-refractivity contribution in [3.8, 4) is 5.75 Å². The fourth-order valence-electron chi connectivity index (χ4n) is 1.88. The first-order chi connectivity index (χ1) is 10.5. The normalized spacial score (nSPS) is 11.8. The van der Waals surface area contributed by atoms with Gasteiger partial charge in [-0.3, -0.25) is 4.79 Å². The molecule has 0 saturated heterocycles. The minimum Gasteiger partial charge on any atom is -0.481 e. The number of carbonyl (C=O) groups is 1. The number of hydrogen-bond acceptors (Lipinski definition) is 2. The zero-order chi connectivity index (χ0) is 16.1. The zero-order valence-corrected chi connectivity index (χ0v) is 13.2. The molecule has 0 aliphatic carbocycles. The highest BCUT2D eigenvalue weighted by molar-refractivity contribution is 6.31. The smallest absolute Gasteiger partial charge is 0.261 e. The third-order valence-corrected chi connectivity index (χ3v) is 3.62. The van der Waals surface area contributed by atoms with Gasteiger partial charge in [-0.25, -0.2) is 4.39 Å². The van der Waals surface area contributed by atoms with Crippen molar-refractivity contribution in [1.82, 2.24) is 5.32 Å². The number of halogens is 2. The summed E-state index contributed by atoms with van der Waals surface area (Å²) in [4.78, 5) is 12.0. The predicted octanol–water partition coefficient (Wildman–Crippen LogP) is 3.87. The number of ether oxygens (including phenoxy) is 1. The van der Waals surface area contributed by atoms with Gasteiger partial charge in [0.1, 0.15) is 11.6 Å². The molecule has 116 valence electrons. The molecule has 1 unspecified atom stereocenters. The number of carbonyl (C=O) groups excluding carboxylic acids is 1. The average molecular weight is 322 g/mol. The molecule has 1 N–H and O–H groups in total. The molecule has 0 saturated carbocycles. The molecule has 5 heteroatoms. The van der Waals surface area contributed by atoms with Crippen LogP contribution in [0.25, 0.3) is 0 Å². The van der Waals surface area contributed by atoms with Gasteiger partial charge < -0.3 is 10.1 Å². The minimum absolute atomic E-state index is 0.239. The van der Waals surface area contributed by atoms with Crippen LogP contribution in [0.4, 0.5) is 4.39 Å². The SMILES string of the molecule is Cc1cc(OC(C)C(=O)NCc2ccc(F)cc2)ccc1Cl. The van der Waals surface area contributed by atoms with Gasteiger partial charge in [-0.15, -0.1) is 0 Å². The van der Waals surface area contributed by atoms with Crippen molar-refractivity contribution in [2.75, 3.05) is 0 Å². The molecule has 3 nitrogen and oxygen atoms in total. The van der Waals surface area contributed by atoms with Crippen molar-refractivity contribution in [2.45, 2.75) is 26.5 Å². The van der Waals surface area contributed by atoms with Gasteiger partial charge in [0.2, 0.25) is 0 Å². The molecule has 2 rings (SSSR count).